The summed E-state index contributed by atoms with van der Waals surface area (Å²) < 4.78 is 13.3. The summed E-state index contributed by atoms with van der Waals surface area (Å²) in [7, 11) is 0. The number of nitrogens with one attached hydrogen (secondary N) is 2. The molecular formula is C22H24FN3O. The number of aromatic nitrogens is 2. The van der Waals surface area contributed by atoms with Gasteiger partial charge >= 0.3 is 0 Å². The predicted molar refractivity (Wildman–Crippen MR) is 106 cm³/mol. The number of nitrogens with zero attached hydrogens (tertiary/aromatic N) is 1. The topological polar surface area (TPSA) is 57.8 Å². The largest absolute Gasteiger partial charge is 0.322 e. The van der Waals surface area contributed by atoms with Gasteiger partial charge in [0.25, 0.3) is 0 Å². The molecule has 140 valence electrons. The van der Waals surface area contributed by atoms with Crippen molar-refractivity contribution in [3.8, 4) is 11.3 Å². The summed E-state index contributed by atoms with van der Waals surface area (Å²) in [5.74, 6) is -0.476. The van der Waals surface area contributed by atoms with Crippen LogP contribution in [-0.2, 0) is 4.79 Å². The van der Waals surface area contributed by atoms with Gasteiger partial charge in [0.2, 0.25) is 5.91 Å². The molecule has 1 heterocycles. The zero-order chi connectivity index (χ0) is 19.4. The number of carbonyl (C=O) groups excluding carboxylic acids is 1. The van der Waals surface area contributed by atoms with Crippen LogP contribution in [-0.4, -0.2) is 16.1 Å². The number of hydrogen-bond acceptors (Lipinski definition) is 2. The van der Waals surface area contributed by atoms with Gasteiger partial charge in [0.1, 0.15) is 11.5 Å². The second-order valence-electron chi connectivity index (χ2n) is 6.88. The Morgan fingerprint density at radius 3 is 2.37 bits per heavy atom. The van der Waals surface area contributed by atoms with Gasteiger partial charge in [-0.2, -0.15) is 5.10 Å². The normalized spacial score (nSPS) is 12.2. The van der Waals surface area contributed by atoms with Crippen LogP contribution in [0.1, 0.15) is 50.3 Å². The summed E-state index contributed by atoms with van der Waals surface area (Å²) >= 11 is 0. The third-order valence-corrected chi connectivity index (χ3v) is 4.66. The molecule has 0 aliphatic heterocycles. The molecular weight excluding hydrogens is 341 g/mol. The Labute approximate surface area is 158 Å². The molecule has 0 saturated carbocycles. The van der Waals surface area contributed by atoms with Gasteiger partial charge < -0.3 is 5.32 Å². The average Bonchev–Trinajstić information content (AvgIpc) is 3.07. The maximum atomic E-state index is 13.3. The van der Waals surface area contributed by atoms with E-state index in [2.05, 4.69) is 15.5 Å². The molecule has 2 N–H and O–H groups in total. The Bertz CT molecular complexity index is 901. The molecule has 1 unspecified atom stereocenters. The first kappa shape index (κ1) is 18.8. The zero-order valence-corrected chi connectivity index (χ0v) is 15.8. The molecule has 1 amide bonds. The summed E-state index contributed by atoms with van der Waals surface area (Å²) in [4.78, 5) is 13.0. The third-order valence-electron chi connectivity index (χ3n) is 4.66. The minimum Gasteiger partial charge on any atom is -0.322 e. The van der Waals surface area contributed by atoms with Crippen LogP contribution in [0.2, 0.25) is 0 Å². The molecule has 5 heteroatoms. The minimum absolute atomic E-state index is 0.0737. The number of halogens is 1. The van der Waals surface area contributed by atoms with Gasteiger partial charge in [-0.1, -0.05) is 51.1 Å². The molecule has 0 aliphatic rings. The maximum absolute atomic E-state index is 13.3. The summed E-state index contributed by atoms with van der Waals surface area (Å²) in [5, 5.41) is 10.5. The van der Waals surface area contributed by atoms with Gasteiger partial charge in [0, 0.05) is 5.56 Å². The number of H-pyrrole nitrogens is 1. The first-order valence-electron chi connectivity index (χ1n) is 9.21. The standard InChI is InChI=1S/C22H24FN3O/c1-4-18(15-8-6-5-7-9-15)22(27)24-21-19(14(2)3)25-26-20(21)16-10-12-17(23)13-11-16/h5-14,18H,4H2,1-3H3,(H,24,27)(H,25,26). The number of aromatic amines is 1. The highest BCUT2D eigenvalue weighted by Gasteiger charge is 2.24. The van der Waals surface area contributed by atoms with E-state index in [9.17, 15) is 9.18 Å². The Balaban J connectivity index is 1.96. The van der Waals surface area contributed by atoms with Crippen LogP contribution in [0.3, 0.4) is 0 Å². The van der Waals surface area contributed by atoms with E-state index in [0.29, 0.717) is 17.8 Å². The van der Waals surface area contributed by atoms with Crippen molar-refractivity contribution in [2.75, 3.05) is 5.32 Å². The van der Waals surface area contributed by atoms with E-state index in [0.717, 1.165) is 16.8 Å². The first-order valence-corrected chi connectivity index (χ1v) is 9.21. The zero-order valence-electron chi connectivity index (χ0n) is 15.8. The molecule has 27 heavy (non-hydrogen) atoms. The fourth-order valence-electron chi connectivity index (χ4n) is 3.18. The second-order valence-corrected chi connectivity index (χ2v) is 6.88. The summed E-state index contributed by atoms with van der Waals surface area (Å²) in [6, 6.07) is 15.9. The minimum atomic E-state index is -0.306. The lowest BCUT2D eigenvalue weighted by atomic mass is 9.95. The van der Waals surface area contributed by atoms with E-state index < -0.39 is 0 Å². The van der Waals surface area contributed by atoms with Crippen molar-refractivity contribution in [3.63, 3.8) is 0 Å². The van der Waals surface area contributed by atoms with E-state index >= 15 is 0 Å². The number of anilines is 1. The van der Waals surface area contributed by atoms with Gasteiger partial charge in [0.05, 0.1) is 17.3 Å². The van der Waals surface area contributed by atoms with Crippen molar-refractivity contribution in [1.29, 1.82) is 0 Å². The smallest absolute Gasteiger partial charge is 0.232 e. The van der Waals surface area contributed by atoms with Gasteiger partial charge in [-0.15, -0.1) is 0 Å². The Kier molecular flexibility index (Phi) is 5.69. The van der Waals surface area contributed by atoms with Crippen LogP contribution in [0, 0.1) is 5.82 Å². The van der Waals surface area contributed by atoms with Crippen molar-refractivity contribution in [2.45, 2.75) is 39.0 Å². The molecule has 0 spiro atoms. The highest BCUT2D eigenvalue weighted by atomic mass is 19.1. The Hall–Kier alpha value is -2.95. The van der Waals surface area contributed by atoms with E-state index in [1.807, 2.05) is 51.1 Å². The van der Waals surface area contributed by atoms with Crippen molar-refractivity contribution in [2.24, 2.45) is 0 Å². The quantitative estimate of drug-likeness (QED) is 0.608. The van der Waals surface area contributed by atoms with Crippen molar-refractivity contribution < 1.29 is 9.18 Å². The molecule has 1 aromatic heterocycles. The monoisotopic (exact) mass is 365 g/mol. The average molecular weight is 365 g/mol. The molecule has 0 aliphatic carbocycles. The lowest BCUT2D eigenvalue weighted by Crippen LogP contribution is -2.21. The van der Waals surface area contributed by atoms with Gasteiger partial charge in [0.15, 0.2) is 0 Å². The highest BCUT2D eigenvalue weighted by molar-refractivity contribution is 5.99. The highest BCUT2D eigenvalue weighted by Crippen LogP contribution is 2.34. The maximum Gasteiger partial charge on any atom is 0.232 e. The molecule has 3 aromatic rings. The number of amides is 1. The molecule has 0 bridgehead atoms. The van der Waals surface area contributed by atoms with Crippen molar-refractivity contribution in [1.82, 2.24) is 10.2 Å². The van der Waals surface area contributed by atoms with E-state index in [1.54, 1.807) is 12.1 Å². The van der Waals surface area contributed by atoms with Crippen LogP contribution in [0.4, 0.5) is 10.1 Å². The lowest BCUT2D eigenvalue weighted by Gasteiger charge is -2.17. The number of rotatable bonds is 6. The Morgan fingerprint density at radius 2 is 1.78 bits per heavy atom. The van der Waals surface area contributed by atoms with E-state index in [1.165, 1.54) is 12.1 Å². The molecule has 0 fully saturated rings. The van der Waals surface area contributed by atoms with Crippen LogP contribution in [0.25, 0.3) is 11.3 Å². The first-order chi connectivity index (χ1) is 13.0. The molecule has 0 radical (unpaired) electrons. The fraction of sp³-hybridized carbons (Fsp3) is 0.273. The van der Waals surface area contributed by atoms with E-state index in [4.69, 9.17) is 0 Å². The van der Waals surface area contributed by atoms with Gasteiger partial charge in [-0.25, -0.2) is 4.39 Å². The number of hydrogen-bond donors (Lipinski definition) is 2. The molecule has 4 nitrogen and oxygen atoms in total. The summed E-state index contributed by atoms with van der Waals surface area (Å²) in [6.45, 7) is 6.06. The Morgan fingerprint density at radius 1 is 1.11 bits per heavy atom. The van der Waals surface area contributed by atoms with Crippen LogP contribution in [0.15, 0.2) is 54.6 Å². The van der Waals surface area contributed by atoms with Crippen molar-refractivity contribution >= 4 is 11.6 Å². The van der Waals surface area contributed by atoms with Crippen LogP contribution in [0.5, 0.6) is 0 Å². The SMILES string of the molecule is CCC(C(=O)Nc1c(-c2ccc(F)cc2)n[nH]c1C(C)C)c1ccccc1. The van der Waals surface area contributed by atoms with Crippen LogP contribution < -0.4 is 5.32 Å². The van der Waals surface area contributed by atoms with Gasteiger partial charge in [-0.3, -0.25) is 9.89 Å². The van der Waals surface area contributed by atoms with E-state index in [-0.39, 0.29) is 23.6 Å². The molecule has 1 atom stereocenters. The van der Waals surface area contributed by atoms with Crippen molar-refractivity contribution in [3.05, 3.63) is 71.7 Å². The fourth-order valence-corrected chi connectivity index (χ4v) is 3.18. The molecule has 2 aromatic carbocycles. The predicted octanol–water partition coefficient (Wildman–Crippen LogP) is 5.47. The summed E-state index contributed by atoms with van der Waals surface area (Å²) in [5.41, 5.74) is 3.87. The van der Waals surface area contributed by atoms with Crippen LogP contribution >= 0.6 is 0 Å². The summed E-state index contributed by atoms with van der Waals surface area (Å²) in [6.07, 6.45) is 0.691. The second kappa shape index (κ2) is 8.16. The lowest BCUT2D eigenvalue weighted by molar-refractivity contribution is -0.117. The number of carbonyl (C=O) groups is 1. The molecule has 3 rings (SSSR count). The molecule has 0 saturated heterocycles. The number of benzene rings is 2. The third kappa shape index (κ3) is 4.08. The van der Waals surface area contributed by atoms with Gasteiger partial charge in [-0.05, 0) is 42.2 Å².